The number of carbonyl (C=O) groups is 1. The second-order valence-electron chi connectivity index (χ2n) is 6.04. The molecule has 1 aromatic rings. The van der Waals surface area contributed by atoms with Crippen LogP contribution in [-0.4, -0.2) is 30.0 Å². The number of urea groups is 1. The molecule has 0 aliphatic heterocycles. The van der Waals surface area contributed by atoms with Crippen LogP contribution in [0, 0.1) is 17.8 Å². The van der Waals surface area contributed by atoms with Gasteiger partial charge in [-0.05, 0) is 55.6 Å². The minimum atomic E-state index is -0.163. The zero-order valence-electron chi connectivity index (χ0n) is 12.2. The Balaban J connectivity index is 1.61. The van der Waals surface area contributed by atoms with Gasteiger partial charge in [0.05, 0.1) is 0 Å². The third-order valence-electron chi connectivity index (χ3n) is 4.92. The van der Waals surface area contributed by atoms with Crippen LogP contribution in [0.2, 0.25) is 0 Å². The van der Waals surface area contributed by atoms with Crippen LogP contribution in [0.25, 0.3) is 0 Å². The maximum atomic E-state index is 12.2. The first kappa shape index (κ1) is 14.7. The maximum Gasteiger partial charge on any atom is 0.319 e. The number of nitrogens with one attached hydrogen (secondary N) is 2. The zero-order valence-corrected chi connectivity index (χ0v) is 13.0. The third kappa shape index (κ3) is 3.04. The minimum Gasteiger partial charge on any atom is -0.396 e. The summed E-state index contributed by atoms with van der Waals surface area (Å²) in [6.07, 6.45) is 5.54. The van der Waals surface area contributed by atoms with Crippen LogP contribution >= 0.6 is 11.8 Å². The molecular weight excluding hydrogens is 284 g/mol. The fourth-order valence-corrected chi connectivity index (χ4v) is 4.38. The number of amides is 2. The van der Waals surface area contributed by atoms with Crippen molar-refractivity contribution in [3.8, 4) is 0 Å². The summed E-state index contributed by atoms with van der Waals surface area (Å²) in [6, 6.07) is 7.78. The predicted molar refractivity (Wildman–Crippen MR) is 85.6 cm³/mol. The van der Waals surface area contributed by atoms with Gasteiger partial charge >= 0.3 is 6.03 Å². The van der Waals surface area contributed by atoms with Crippen molar-refractivity contribution in [3.05, 3.63) is 24.3 Å². The van der Waals surface area contributed by atoms with E-state index in [1.54, 1.807) is 11.8 Å². The van der Waals surface area contributed by atoms with Gasteiger partial charge < -0.3 is 15.7 Å². The molecule has 0 radical (unpaired) electrons. The van der Waals surface area contributed by atoms with Gasteiger partial charge in [-0.3, -0.25) is 0 Å². The van der Waals surface area contributed by atoms with E-state index >= 15 is 0 Å². The van der Waals surface area contributed by atoms with Gasteiger partial charge in [0.2, 0.25) is 0 Å². The molecule has 4 atom stereocenters. The molecule has 114 valence electrons. The van der Waals surface area contributed by atoms with Crippen molar-refractivity contribution in [2.45, 2.75) is 30.2 Å². The van der Waals surface area contributed by atoms with Crippen LogP contribution in [0.15, 0.2) is 29.2 Å². The number of hydrogen-bond acceptors (Lipinski definition) is 3. The van der Waals surface area contributed by atoms with E-state index in [2.05, 4.69) is 10.6 Å². The number of benzene rings is 1. The Hall–Kier alpha value is -1.20. The van der Waals surface area contributed by atoms with E-state index in [9.17, 15) is 9.90 Å². The molecule has 2 saturated carbocycles. The van der Waals surface area contributed by atoms with Crippen molar-refractivity contribution in [2.75, 3.05) is 18.2 Å². The molecule has 0 spiro atoms. The van der Waals surface area contributed by atoms with E-state index in [1.165, 1.54) is 12.8 Å². The highest BCUT2D eigenvalue weighted by molar-refractivity contribution is 7.98. The highest BCUT2D eigenvalue weighted by Crippen LogP contribution is 2.48. The number of rotatable bonds is 4. The van der Waals surface area contributed by atoms with Crippen LogP contribution in [0.5, 0.6) is 0 Å². The molecule has 4 unspecified atom stereocenters. The van der Waals surface area contributed by atoms with Crippen LogP contribution in [0.4, 0.5) is 10.5 Å². The molecule has 3 rings (SSSR count). The average molecular weight is 306 g/mol. The van der Waals surface area contributed by atoms with Crippen molar-refractivity contribution in [3.63, 3.8) is 0 Å². The molecule has 0 heterocycles. The second-order valence-corrected chi connectivity index (χ2v) is 6.92. The summed E-state index contributed by atoms with van der Waals surface area (Å²) in [4.78, 5) is 13.3. The molecule has 0 aromatic heterocycles. The molecule has 2 aliphatic rings. The Morgan fingerprint density at radius 1 is 1.38 bits per heavy atom. The highest BCUT2D eigenvalue weighted by Gasteiger charge is 2.47. The van der Waals surface area contributed by atoms with Gasteiger partial charge in [0.15, 0.2) is 0 Å². The quantitative estimate of drug-likeness (QED) is 0.750. The summed E-state index contributed by atoms with van der Waals surface area (Å²) in [7, 11) is 0. The zero-order chi connectivity index (χ0) is 14.8. The summed E-state index contributed by atoms with van der Waals surface area (Å²) in [5.41, 5.74) is 0.808. The standard InChI is InChI=1S/C16H22N2O2S/c1-21-13-4-2-3-12(8-13)17-16(20)18-15-11-6-5-10(7-11)14(15)9-19/h2-4,8,10-11,14-15,19H,5-7,9H2,1H3,(H2,17,18,20). The van der Waals surface area contributed by atoms with Gasteiger partial charge in [-0.15, -0.1) is 11.8 Å². The number of carbonyl (C=O) groups excluding carboxylic acids is 1. The number of anilines is 1. The van der Waals surface area contributed by atoms with Crippen LogP contribution in [-0.2, 0) is 0 Å². The number of aliphatic hydroxyl groups is 1. The SMILES string of the molecule is CSc1cccc(NC(=O)NC2C3CCC(C3)C2CO)c1. The molecule has 2 bridgehead atoms. The smallest absolute Gasteiger partial charge is 0.319 e. The Bertz CT molecular complexity index is 523. The Morgan fingerprint density at radius 2 is 2.19 bits per heavy atom. The molecular formula is C16H22N2O2S. The van der Waals surface area contributed by atoms with E-state index in [1.807, 2.05) is 30.5 Å². The molecule has 0 saturated heterocycles. The summed E-state index contributed by atoms with van der Waals surface area (Å²) < 4.78 is 0. The van der Waals surface area contributed by atoms with Crippen molar-refractivity contribution < 1.29 is 9.90 Å². The average Bonchev–Trinajstić information content (AvgIpc) is 3.08. The molecule has 2 fully saturated rings. The molecule has 1 aromatic carbocycles. The van der Waals surface area contributed by atoms with Gasteiger partial charge in [0, 0.05) is 29.1 Å². The lowest BCUT2D eigenvalue weighted by Crippen LogP contribution is -2.46. The van der Waals surface area contributed by atoms with Crippen molar-refractivity contribution in [2.24, 2.45) is 17.8 Å². The monoisotopic (exact) mass is 306 g/mol. The van der Waals surface area contributed by atoms with Gasteiger partial charge in [-0.2, -0.15) is 0 Å². The molecule has 4 nitrogen and oxygen atoms in total. The second kappa shape index (κ2) is 6.28. The summed E-state index contributed by atoms with van der Waals surface area (Å²) in [5, 5.41) is 15.5. The summed E-state index contributed by atoms with van der Waals surface area (Å²) >= 11 is 1.65. The van der Waals surface area contributed by atoms with E-state index in [0.29, 0.717) is 11.8 Å². The fourth-order valence-electron chi connectivity index (χ4n) is 3.92. The molecule has 5 heteroatoms. The Labute approximate surface area is 129 Å². The first-order chi connectivity index (χ1) is 10.2. The van der Waals surface area contributed by atoms with E-state index < -0.39 is 0 Å². The van der Waals surface area contributed by atoms with Gasteiger partial charge in [0.1, 0.15) is 0 Å². The number of aliphatic hydroxyl groups excluding tert-OH is 1. The van der Waals surface area contributed by atoms with Crippen LogP contribution in [0.1, 0.15) is 19.3 Å². The lowest BCUT2D eigenvalue weighted by atomic mass is 9.85. The summed E-state index contributed by atoms with van der Waals surface area (Å²) in [5.74, 6) is 1.35. The van der Waals surface area contributed by atoms with Gasteiger partial charge in [0.25, 0.3) is 0 Å². The molecule has 2 amide bonds. The minimum absolute atomic E-state index is 0.123. The Kier molecular flexibility index (Phi) is 4.40. The third-order valence-corrected chi connectivity index (χ3v) is 5.65. The van der Waals surface area contributed by atoms with Gasteiger partial charge in [-0.1, -0.05) is 6.07 Å². The number of thioether (sulfide) groups is 1. The lowest BCUT2D eigenvalue weighted by Gasteiger charge is -2.30. The van der Waals surface area contributed by atoms with Gasteiger partial charge in [-0.25, -0.2) is 4.79 Å². The summed E-state index contributed by atoms with van der Waals surface area (Å²) in [6.45, 7) is 0.175. The maximum absolute atomic E-state index is 12.2. The predicted octanol–water partition coefficient (Wildman–Crippen LogP) is 2.94. The first-order valence-electron chi connectivity index (χ1n) is 7.53. The Morgan fingerprint density at radius 3 is 2.95 bits per heavy atom. The van der Waals surface area contributed by atoms with Crippen molar-refractivity contribution >= 4 is 23.5 Å². The first-order valence-corrected chi connectivity index (χ1v) is 8.76. The van der Waals surface area contributed by atoms with E-state index in [0.717, 1.165) is 17.0 Å². The molecule has 21 heavy (non-hydrogen) atoms. The normalized spacial score (nSPS) is 30.4. The van der Waals surface area contributed by atoms with Crippen LogP contribution < -0.4 is 10.6 Å². The fraction of sp³-hybridized carbons (Fsp3) is 0.562. The highest BCUT2D eigenvalue weighted by atomic mass is 32.2. The van der Waals surface area contributed by atoms with Crippen molar-refractivity contribution in [1.29, 1.82) is 0 Å². The molecule has 3 N–H and O–H groups in total. The van der Waals surface area contributed by atoms with E-state index in [4.69, 9.17) is 0 Å². The number of fused-ring (bicyclic) bond motifs is 2. The van der Waals surface area contributed by atoms with E-state index in [-0.39, 0.29) is 24.6 Å². The molecule has 2 aliphatic carbocycles. The lowest BCUT2D eigenvalue weighted by molar-refractivity contribution is 0.146. The van der Waals surface area contributed by atoms with Crippen molar-refractivity contribution in [1.82, 2.24) is 5.32 Å². The van der Waals surface area contributed by atoms with Crippen LogP contribution in [0.3, 0.4) is 0 Å². The number of hydrogen-bond donors (Lipinski definition) is 3. The largest absolute Gasteiger partial charge is 0.396 e. The topological polar surface area (TPSA) is 61.4 Å².